The largest absolute Gasteiger partial charge is 0.385 e. The molecule has 1 aliphatic rings. The van der Waals surface area contributed by atoms with Gasteiger partial charge in [0.15, 0.2) is 0 Å². The fourth-order valence-corrected chi connectivity index (χ4v) is 3.40. The average Bonchev–Trinajstić information content (AvgIpc) is 2.92. The molecule has 0 bridgehead atoms. The molecule has 106 valence electrons. The van der Waals surface area contributed by atoms with Crippen molar-refractivity contribution < 1.29 is 9.53 Å². The van der Waals surface area contributed by atoms with E-state index in [0.717, 1.165) is 6.42 Å². The van der Waals surface area contributed by atoms with Crippen LogP contribution < -0.4 is 5.32 Å². The maximum absolute atomic E-state index is 12.3. The summed E-state index contributed by atoms with van der Waals surface area (Å²) in [5.41, 5.74) is 0. The summed E-state index contributed by atoms with van der Waals surface area (Å²) in [7, 11) is 1.69. The third-order valence-electron chi connectivity index (χ3n) is 3.56. The zero-order valence-electron chi connectivity index (χ0n) is 12.0. The highest BCUT2D eigenvalue weighted by Crippen LogP contribution is 2.32. The monoisotopic (exact) mass is 282 g/mol. The summed E-state index contributed by atoms with van der Waals surface area (Å²) >= 11 is 1.75. The number of nitrogens with zero attached hydrogens (tertiary/aromatic N) is 1. The molecule has 2 heterocycles. The number of aryl methyl sites for hydroxylation is 1. The number of thiophene rings is 1. The highest BCUT2D eigenvalue weighted by atomic mass is 32.1. The van der Waals surface area contributed by atoms with Gasteiger partial charge >= 0.3 is 0 Å². The van der Waals surface area contributed by atoms with Gasteiger partial charge in [-0.25, -0.2) is 0 Å². The Morgan fingerprint density at radius 3 is 2.84 bits per heavy atom. The van der Waals surface area contributed by atoms with E-state index in [9.17, 15) is 4.79 Å². The second-order valence-electron chi connectivity index (χ2n) is 5.12. The minimum absolute atomic E-state index is 0.00746. The van der Waals surface area contributed by atoms with Gasteiger partial charge in [0, 0.05) is 29.5 Å². The lowest BCUT2D eigenvalue weighted by atomic mass is 10.2. The number of rotatable bonds is 5. The Morgan fingerprint density at radius 1 is 1.53 bits per heavy atom. The van der Waals surface area contributed by atoms with Crippen molar-refractivity contribution in [2.75, 3.05) is 13.7 Å². The first-order chi connectivity index (χ1) is 9.04. The molecule has 1 amide bonds. The number of ether oxygens (including phenoxy) is 1. The van der Waals surface area contributed by atoms with E-state index >= 15 is 0 Å². The summed E-state index contributed by atoms with van der Waals surface area (Å²) < 4.78 is 5.12. The van der Waals surface area contributed by atoms with Crippen LogP contribution in [0.2, 0.25) is 0 Å². The van der Waals surface area contributed by atoms with E-state index in [2.05, 4.69) is 31.3 Å². The molecule has 1 aromatic rings. The third-order valence-corrected chi connectivity index (χ3v) is 4.61. The molecule has 1 aliphatic heterocycles. The van der Waals surface area contributed by atoms with Crippen LogP contribution in [0.15, 0.2) is 12.1 Å². The SMILES string of the molecule is COCCC(C)N1C(=O)C(C)NC1c1ccc(C)s1. The second kappa shape index (κ2) is 6.03. The summed E-state index contributed by atoms with van der Waals surface area (Å²) in [5, 5.41) is 3.39. The van der Waals surface area contributed by atoms with Gasteiger partial charge in [-0.3, -0.25) is 10.1 Å². The summed E-state index contributed by atoms with van der Waals surface area (Å²) in [4.78, 5) is 16.8. The number of carbonyl (C=O) groups is 1. The van der Waals surface area contributed by atoms with Gasteiger partial charge in [0.1, 0.15) is 6.17 Å². The van der Waals surface area contributed by atoms with Crippen molar-refractivity contribution >= 4 is 17.2 Å². The van der Waals surface area contributed by atoms with Crippen LogP contribution in [0.3, 0.4) is 0 Å². The van der Waals surface area contributed by atoms with Crippen LogP contribution in [-0.2, 0) is 9.53 Å². The molecule has 0 aliphatic carbocycles. The van der Waals surface area contributed by atoms with Crippen LogP contribution in [0.25, 0.3) is 0 Å². The van der Waals surface area contributed by atoms with Gasteiger partial charge in [0.2, 0.25) is 5.91 Å². The number of hydrogen-bond acceptors (Lipinski definition) is 4. The Bertz CT molecular complexity index is 446. The van der Waals surface area contributed by atoms with Crippen molar-refractivity contribution in [3.8, 4) is 0 Å². The molecule has 1 saturated heterocycles. The van der Waals surface area contributed by atoms with E-state index in [1.807, 2.05) is 11.8 Å². The van der Waals surface area contributed by atoms with Crippen LogP contribution in [-0.4, -0.2) is 36.6 Å². The van der Waals surface area contributed by atoms with Crippen molar-refractivity contribution in [2.24, 2.45) is 0 Å². The molecule has 3 atom stereocenters. The maximum Gasteiger partial charge on any atom is 0.241 e. The molecule has 19 heavy (non-hydrogen) atoms. The van der Waals surface area contributed by atoms with Gasteiger partial charge in [-0.05, 0) is 39.3 Å². The third kappa shape index (κ3) is 2.99. The normalized spacial score (nSPS) is 25.1. The lowest BCUT2D eigenvalue weighted by molar-refractivity contribution is -0.132. The van der Waals surface area contributed by atoms with Gasteiger partial charge in [-0.15, -0.1) is 11.3 Å². The summed E-state index contributed by atoms with van der Waals surface area (Å²) in [5.74, 6) is 0.180. The van der Waals surface area contributed by atoms with Crippen molar-refractivity contribution in [3.05, 3.63) is 21.9 Å². The number of methoxy groups -OCH3 is 1. The molecule has 0 saturated carbocycles. The van der Waals surface area contributed by atoms with E-state index in [-0.39, 0.29) is 24.2 Å². The molecule has 0 radical (unpaired) electrons. The lowest BCUT2D eigenvalue weighted by Gasteiger charge is -2.29. The minimum Gasteiger partial charge on any atom is -0.385 e. The second-order valence-corrected chi connectivity index (χ2v) is 6.43. The standard InChI is InChI=1S/C14H22N2O2S/c1-9(7-8-18-4)16-13(15-11(3)14(16)17)12-6-5-10(2)19-12/h5-6,9,11,13,15H,7-8H2,1-4H3. The van der Waals surface area contributed by atoms with Crippen LogP contribution in [0.5, 0.6) is 0 Å². The van der Waals surface area contributed by atoms with E-state index in [0.29, 0.717) is 6.61 Å². The zero-order chi connectivity index (χ0) is 14.0. The predicted molar refractivity (Wildman–Crippen MR) is 77.2 cm³/mol. The van der Waals surface area contributed by atoms with E-state index in [1.54, 1.807) is 18.4 Å². The van der Waals surface area contributed by atoms with Crippen LogP contribution >= 0.6 is 11.3 Å². The molecule has 1 aromatic heterocycles. The molecular weight excluding hydrogens is 260 g/mol. The number of carbonyl (C=O) groups excluding carboxylic acids is 1. The van der Waals surface area contributed by atoms with Gasteiger partial charge in [-0.2, -0.15) is 0 Å². The maximum atomic E-state index is 12.3. The molecule has 0 spiro atoms. The number of amides is 1. The van der Waals surface area contributed by atoms with E-state index in [1.165, 1.54) is 9.75 Å². The predicted octanol–water partition coefficient (Wildman–Crippen LogP) is 2.30. The Balaban J connectivity index is 2.18. The molecule has 5 heteroatoms. The first kappa shape index (κ1) is 14.5. The van der Waals surface area contributed by atoms with Crippen LogP contribution in [0, 0.1) is 6.92 Å². The molecule has 1 N–H and O–H groups in total. The highest BCUT2D eigenvalue weighted by molar-refractivity contribution is 7.12. The van der Waals surface area contributed by atoms with Crippen molar-refractivity contribution in [1.82, 2.24) is 10.2 Å². The Kier molecular flexibility index (Phi) is 4.60. The van der Waals surface area contributed by atoms with Crippen LogP contribution in [0.4, 0.5) is 0 Å². The summed E-state index contributed by atoms with van der Waals surface area (Å²) in [6.45, 7) is 6.78. The Morgan fingerprint density at radius 2 is 2.26 bits per heavy atom. The molecule has 3 unspecified atom stereocenters. The van der Waals surface area contributed by atoms with Gasteiger partial charge in [-0.1, -0.05) is 0 Å². The molecule has 4 nitrogen and oxygen atoms in total. The van der Waals surface area contributed by atoms with Crippen molar-refractivity contribution in [3.63, 3.8) is 0 Å². The lowest BCUT2D eigenvalue weighted by Crippen LogP contribution is -2.38. The Labute approximate surface area is 118 Å². The van der Waals surface area contributed by atoms with Gasteiger partial charge in [0.05, 0.1) is 6.04 Å². The summed E-state index contributed by atoms with van der Waals surface area (Å²) in [6, 6.07) is 4.28. The molecule has 0 aromatic carbocycles. The Hall–Kier alpha value is -0.910. The van der Waals surface area contributed by atoms with Gasteiger partial charge in [0.25, 0.3) is 0 Å². The first-order valence-corrected chi connectivity index (χ1v) is 7.49. The molecular formula is C14H22N2O2S. The van der Waals surface area contributed by atoms with Crippen molar-refractivity contribution in [1.29, 1.82) is 0 Å². The molecule has 1 fully saturated rings. The number of hydrogen-bond donors (Lipinski definition) is 1. The fraction of sp³-hybridized carbons (Fsp3) is 0.643. The average molecular weight is 282 g/mol. The topological polar surface area (TPSA) is 41.6 Å². The number of nitrogens with one attached hydrogen (secondary N) is 1. The smallest absolute Gasteiger partial charge is 0.241 e. The zero-order valence-corrected chi connectivity index (χ0v) is 12.8. The first-order valence-electron chi connectivity index (χ1n) is 6.68. The van der Waals surface area contributed by atoms with Crippen molar-refractivity contribution in [2.45, 2.75) is 45.4 Å². The molecule has 2 rings (SSSR count). The summed E-state index contributed by atoms with van der Waals surface area (Å²) in [6.07, 6.45) is 0.866. The fourth-order valence-electron chi connectivity index (χ4n) is 2.46. The quantitative estimate of drug-likeness (QED) is 0.901. The van der Waals surface area contributed by atoms with E-state index < -0.39 is 0 Å². The van der Waals surface area contributed by atoms with Gasteiger partial charge < -0.3 is 9.64 Å². The minimum atomic E-state index is -0.114. The van der Waals surface area contributed by atoms with E-state index in [4.69, 9.17) is 4.74 Å². The van der Waals surface area contributed by atoms with Crippen LogP contribution in [0.1, 0.15) is 36.2 Å². The highest BCUT2D eigenvalue weighted by Gasteiger charge is 2.40.